The molecule has 0 saturated carbocycles. The molecule has 21 heavy (non-hydrogen) atoms. The van der Waals surface area contributed by atoms with E-state index in [1.165, 1.54) is 0 Å². The van der Waals surface area contributed by atoms with Crippen LogP contribution in [0.25, 0.3) is 6.08 Å². The average molecular weight is 285 g/mol. The quantitative estimate of drug-likeness (QED) is 0.867. The molecule has 1 fully saturated rings. The summed E-state index contributed by atoms with van der Waals surface area (Å²) in [7, 11) is -0.560. The van der Waals surface area contributed by atoms with E-state index in [1.807, 2.05) is 45.9 Å². The normalized spacial score (nSPS) is 20.4. The monoisotopic (exact) mass is 285 g/mol. The van der Waals surface area contributed by atoms with E-state index < -0.39 is 18.3 Å². The molecule has 0 radical (unpaired) electrons. The van der Waals surface area contributed by atoms with E-state index in [0.29, 0.717) is 11.0 Å². The molecule has 1 aliphatic heterocycles. The van der Waals surface area contributed by atoms with E-state index in [2.05, 4.69) is 6.07 Å². The van der Waals surface area contributed by atoms with Crippen molar-refractivity contribution in [2.75, 3.05) is 6.61 Å². The first kappa shape index (κ1) is 15.8. The molecule has 1 N–H and O–H groups in total. The predicted molar refractivity (Wildman–Crippen MR) is 82.3 cm³/mol. The molecule has 1 heterocycles. The molecular weight excluding hydrogens is 265 g/mol. The Hall–Kier alpha value is -1.61. The highest BCUT2D eigenvalue weighted by atomic mass is 16.7. The van der Waals surface area contributed by atoms with Gasteiger partial charge < -0.3 is 14.4 Å². The molecule has 1 aliphatic rings. The number of nitrogens with zero attached hydrogens (tertiary/aromatic N) is 1. The second-order valence-electron chi connectivity index (χ2n) is 6.20. The molecule has 5 heteroatoms. The summed E-state index contributed by atoms with van der Waals surface area (Å²) in [4.78, 5) is 0. The Balaban J connectivity index is 2.24. The second-order valence-corrected chi connectivity index (χ2v) is 6.20. The van der Waals surface area contributed by atoms with Gasteiger partial charge in [-0.3, -0.25) is 0 Å². The average Bonchev–Trinajstić information content (AvgIpc) is 2.65. The van der Waals surface area contributed by atoms with Gasteiger partial charge in [-0.2, -0.15) is 5.26 Å². The third-order valence-corrected chi connectivity index (χ3v) is 4.13. The molecule has 0 unspecified atom stereocenters. The molecule has 2 rings (SSSR count). The summed E-state index contributed by atoms with van der Waals surface area (Å²) < 4.78 is 11.9. The van der Waals surface area contributed by atoms with Gasteiger partial charge in [-0.15, -0.1) is 0 Å². The van der Waals surface area contributed by atoms with Gasteiger partial charge in [0, 0.05) is 0 Å². The van der Waals surface area contributed by atoms with E-state index in [9.17, 15) is 5.11 Å². The standard InChI is InChI=1S/C16H20BNO3/c1-15(2)16(3,4)21-17(20-15)14(11-19)9-12-5-7-13(10-18)8-6-12/h5-9,19H,11H2,1-4H3. The molecule has 110 valence electrons. The van der Waals surface area contributed by atoms with Crippen LogP contribution in [0.5, 0.6) is 0 Å². The van der Waals surface area contributed by atoms with Crippen LogP contribution < -0.4 is 0 Å². The SMILES string of the molecule is CC1(C)OB(C(=Cc2ccc(C#N)cc2)CO)OC1(C)C. The summed E-state index contributed by atoms with van der Waals surface area (Å²) in [5.41, 5.74) is 1.30. The first-order valence-electron chi connectivity index (χ1n) is 6.96. The van der Waals surface area contributed by atoms with Crippen molar-refractivity contribution in [3.63, 3.8) is 0 Å². The van der Waals surface area contributed by atoms with Crippen molar-refractivity contribution in [1.29, 1.82) is 5.26 Å². The summed E-state index contributed by atoms with van der Waals surface area (Å²) in [6, 6.07) is 9.23. The third kappa shape index (κ3) is 3.19. The summed E-state index contributed by atoms with van der Waals surface area (Å²) in [6.45, 7) is 7.76. The molecule has 0 aliphatic carbocycles. The Morgan fingerprint density at radius 3 is 2.14 bits per heavy atom. The fourth-order valence-corrected chi connectivity index (χ4v) is 2.05. The van der Waals surface area contributed by atoms with E-state index >= 15 is 0 Å². The third-order valence-electron chi connectivity index (χ3n) is 4.13. The van der Waals surface area contributed by atoms with Crippen LogP contribution in [0, 0.1) is 11.3 Å². The van der Waals surface area contributed by atoms with Gasteiger partial charge >= 0.3 is 7.12 Å². The number of aliphatic hydroxyl groups excluding tert-OH is 1. The molecule has 0 bridgehead atoms. The highest BCUT2D eigenvalue weighted by Crippen LogP contribution is 2.38. The first-order chi connectivity index (χ1) is 9.79. The topological polar surface area (TPSA) is 62.5 Å². The van der Waals surface area contributed by atoms with E-state index in [4.69, 9.17) is 14.6 Å². The molecule has 0 spiro atoms. The number of aliphatic hydroxyl groups is 1. The zero-order valence-corrected chi connectivity index (χ0v) is 12.9. The van der Waals surface area contributed by atoms with Gasteiger partial charge in [-0.1, -0.05) is 18.2 Å². The summed E-state index contributed by atoms with van der Waals surface area (Å²) in [5.74, 6) is 0. The van der Waals surface area contributed by atoms with Crippen molar-refractivity contribution >= 4 is 13.2 Å². The fourth-order valence-electron chi connectivity index (χ4n) is 2.05. The van der Waals surface area contributed by atoms with Gasteiger partial charge in [0.1, 0.15) is 0 Å². The van der Waals surface area contributed by atoms with Gasteiger partial charge in [0.25, 0.3) is 0 Å². The van der Waals surface area contributed by atoms with Crippen LogP contribution in [0.4, 0.5) is 0 Å². The number of hydrogen-bond donors (Lipinski definition) is 1. The minimum atomic E-state index is -0.560. The van der Waals surface area contributed by atoms with Crippen LogP contribution in [0.3, 0.4) is 0 Å². The summed E-state index contributed by atoms with van der Waals surface area (Å²) in [5, 5.41) is 18.4. The van der Waals surface area contributed by atoms with Gasteiger partial charge in [-0.05, 0) is 50.9 Å². The second kappa shape index (κ2) is 5.65. The predicted octanol–water partition coefficient (Wildman–Crippen LogP) is 2.57. The van der Waals surface area contributed by atoms with E-state index in [0.717, 1.165) is 5.56 Å². The van der Waals surface area contributed by atoms with Crippen LogP contribution in [-0.4, -0.2) is 30.0 Å². The maximum absolute atomic E-state index is 9.61. The maximum atomic E-state index is 9.61. The molecule has 0 amide bonds. The van der Waals surface area contributed by atoms with Crippen LogP contribution in [0.15, 0.2) is 29.7 Å². The van der Waals surface area contributed by atoms with Crippen molar-refractivity contribution in [3.8, 4) is 6.07 Å². The van der Waals surface area contributed by atoms with Crippen molar-refractivity contribution < 1.29 is 14.4 Å². The van der Waals surface area contributed by atoms with Crippen molar-refractivity contribution in [1.82, 2.24) is 0 Å². The highest BCUT2D eigenvalue weighted by Gasteiger charge is 2.52. The Bertz CT molecular complexity index is 569. The molecule has 1 saturated heterocycles. The zero-order chi connectivity index (χ0) is 15.7. The van der Waals surface area contributed by atoms with E-state index in [1.54, 1.807) is 12.1 Å². The largest absolute Gasteiger partial charge is 0.492 e. The first-order valence-corrected chi connectivity index (χ1v) is 6.96. The molecule has 1 aromatic rings. The molecular formula is C16H20BNO3. The number of benzene rings is 1. The van der Waals surface area contributed by atoms with E-state index in [-0.39, 0.29) is 6.61 Å². The van der Waals surface area contributed by atoms with Crippen LogP contribution in [0.2, 0.25) is 0 Å². The Morgan fingerprint density at radius 1 is 1.19 bits per heavy atom. The van der Waals surface area contributed by atoms with Crippen LogP contribution >= 0.6 is 0 Å². The van der Waals surface area contributed by atoms with Crippen molar-refractivity contribution in [2.24, 2.45) is 0 Å². The molecule has 0 aromatic heterocycles. The van der Waals surface area contributed by atoms with Gasteiger partial charge in [-0.25, -0.2) is 0 Å². The smallest absolute Gasteiger partial charge is 0.400 e. The lowest BCUT2D eigenvalue weighted by Gasteiger charge is -2.32. The lowest BCUT2D eigenvalue weighted by Crippen LogP contribution is -2.41. The highest BCUT2D eigenvalue weighted by molar-refractivity contribution is 6.55. The number of nitriles is 1. The number of rotatable bonds is 3. The van der Waals surface area contributed by atoms with Crippen LogP contribution in [-0.2, 0) is 9.31 Å². The lowest BCUT2D eigenvalue weighted by molar-refractivity contribution is 0.00578. The number of hydrogen-bond acceptors (Lipinski definition) is 4. The summed E-state index contributed by atoms with van der Waals surface area (Å²) >= 11 is 0. The minimum Gasteiger partial charge on any atom is -0.400 e. The van der Waals surface area contributed by atoms with Gasteiger partial charge in [0.15, 0.2) is 0 Å². The molecule has 4 nitrogen and oxygen atoms in total. The Kier molecular flexibility index (Phi) is 4.24. The minimum absolute atomic E-state index is 0.142. The van der Waals surface area contributed by atoms with Crippen molar-refractivity contribution in [2.45, 2.75) is 38.9 Å². The lowest BCUT2D eigenvalue weighted by atomic mass is 9.77. The fraction of sp³-hybridized carbons (Fsp3) is 0.438. The van der Waals surface area contributed by atoms with Crippen LogP contribution in [0.1, 0.15) is 38.8 Å². The van der Waals surface area contributed by atoms with Gasteiger partial charge in [0.2, 0.25) is 0 Å². The molecule has 0 atom stereocenters. The summed E-state index contributed by atoms with van der Waals surface area (Å²) in [6.07, 6.45) is 1.84. The maximum Gasteiger partial charge on any atom is 0.492 e. The van der Waals surface area contributed by atoms with Crippen molar-refractivity contribution in [3.05, 3.63) is 40.9 Å². The Morgan fingerprint density at radius 2 is 1.71 bits per heavy atom. The van der Waals surface area contributed by atoms with Gasteiger partial charge in [0.05, 0.1) is 29.4 Å². The Labute approximate surface area is 126 Å². The molecule has 1 aromatic carbocycles. The zero-order valence-electron chi connectivity index (χ0n) is 12.9.